The summed E-state index contributed by atoms with van der Waals surface area (Å²) in [6.45, 7) is 6.63. The van der Waals surface area contributed by atoms with Gasteiger partial charge in [0.05, 0.1) is 36.8 Å². The molecule has 1 aromatic rings. The first-order valence-electron chi connectivity index (χ1n) is 10.5. The van der Waals surface area contributed by atoms with Gasteiger partial charge >= 0.3 is 0 Å². The maximum absolute atomic E-state index is 12.8. The van der Waals surface area contributed by atoms with Gasteiger partial charge in [0.1, 0.15) is 5.71 Å². The lowest BCUT2D eigenvalue weighted by Crippen LogP contribution is -2.44. The summed E-state index contributed by atoms with van der Waals surface area (Å²) < 4.78 is 34.7. The Kier molecular flexibility index (Phi) is 7.19. The molecule has 0 saturated carbocycles. The van der Waals surface area contributed by atoms with Crippen LogP contribution in [0.3, 0.4) is 0 Å². The molecule has 0 aromatic heterocycles. The summed E-state index contributed by atoms with van der Waals surface area (Å²) in [5.74, 6) is 0.549. The van der Waals surface area contributed by atoms with Gasteiger partial charge in [-0.2, -0.15) is 5.10 Å². The fourth-order valence-electron chi connectivity index (χ4n) is 3.69. The van der Waals surface area contributed by atoms with Crippen LogP contribution in [0.15, 0.2) is 23.3 Å². The quantitative estimate of drug-likeness (QED) is 0.645. The van der Waals surface area contributed by atoms with E-state index in [1.165, 1.54) is 5.01 Å². The van der Waals surface area contributed by atoms with Crippen LogP contribution < -0.4 is 14.8 Å². The van der Waals surface area contributed by atoms with Crippen LogP contribution in [0.4, 0.5) is 0 Å². The minimum Gasteiger partial charge on any atom is -0.490 e. The molecule has 10 heteroatoms. The molecule has 2 atom stereocenters. The fourth-order valence-corrected chi connectivity index (χ4v) is 5.38. The van der Waals surface area contributed by atoms with E-state index in [0.29, 0.717) is 31.1 Å². The van der Waals surface area contributed by atoms with Gasteiger partial charge in [0, 0.05) is 12.8 Å². The molecular weight excluding hydrogens is 422 g/mol. The minimum absolute atomic E-state index is 0.0371. The molecule has 2 heterocycles. The molecule has 0 radical (unpaired) electrons. The molecule has 0 unspecified atom stereocenters. The van der Waals surface area contributed by atoms with E-state index in [1.54, 1.807) is 0 Å². The molecule has 2 aliphatic heterocycles. The number of sulfone groups is 1. The molecule has 2 aliphatic rings. The van der Waals surface area contributed by atoms with E-state index in [2.05, 4.69) is 10.4 Å². The lowest BCUT2D eigenvalue weighted by atomic mass is 10.1. The summed E-state index contributed by atoms with van der Waals surface area (Å²) in [6, 6.07) is 4.67. The van der Waals surface area contributed by atoms with Crippen molar-refractivity contribution < 1.29 is 27.5 Å². The van der Waals surface area contributed by atoms with E-state index in [-0.39, 0.29) is 47.9 Å². The highest BCUT2D eigenvalue weighted by Gasteiger charge is 2.37. The number of rotatable bonds is 8. The number of nitrogens with one attached hydrogen (secondary N) is 1. The van der Waals surface area contributed by atoms with Crippen LogP contribution in [0.2, 0.25) is 0 Å². The van der Waals surface area contributed by atoms with Crippen molar-refractivity contribution in [2.45, 2.75) is 52.1 Å². The average molecular weight is 452 g/mol. The number of hydrazone groups is 1. The number of carbonyl (C=O) groups excluding carboxylic acids is 2. The molecule has 170 valence electrons. The molecule has 2 amide bonds. The second-order valence-electron chi connectivity index (χ2n) is 7.61. The summed E-state index contributed by atoms with van der Waals surface area (Å²) in [4.78, 5) is 25.1. The van der Waals surface area contributed by atoms with Crippen molar-refractivity contribution in [2.75, 3.05) is 24.7 Å². The highest BCUT2D eigenvalue weighted by molar-refractivity contribution is 7.91. The Morgan fingerprint density at radius 1 is 1.23 bits per heavy atom. The molecule has 1 N–H and O–H groups in total. The SMILES string of the molecule is CCOc1ccc([C@H](C)NC(=O)C2=NN([C@H]3CCS(=O)(=O)C3)C(=O)CC2)cc1OCC. The van der Waals surface area contributed by atoms with E-state index in [4.69, 9.17) is 9.47 Å². The van der Waals surface area contributed by atoms with Gasteiger partial charge in [-0.25, -0.2) is 13.4 Å². The van der Waals surface area contributed by atoms with Gasteiger partial charge < -0.3 is 14.8 Å². The lowest BCUT2D eigenvalue weighted by molar-refractivity contribution is -0.133. The van der Waals surface area contributed by atoms with Crippen molar-refractivity contribution in [3.63, 3.8) is 0 Å². The Hall–Kier alpha value is -2.62. The van der Waals surface area contributed by atoms with Gasteiger partial charge in [-0.3, -0.25) is 9.59 Å². The highest BCUT2D eigenvalue weighted by atomic mass is 32.2. The zero-order valence-electron chi connectivity index (χ0n) is 18.1. The van der Waals surface area contributed by atoms with Crippen LogP contribution in [0, 0.1) is 0 Å². The first-order chi connectivity index (χ1) is 14.7. The van der Waals surface area contributed by atoms with Crippen molar-refractivity contribution >= 4 is 27.4 Å². The summed E-state index contributed by atoms with van der Waals surface area (Å²) >= 11 is 0. The molecule has 1 fully saturated rings. The number of ether oxygens (including phenoxy) is 2. The van der Waals surface area contributed by atoms with Gasteiger partial charge in [0.2, 0.25) is 5.91 Å². The zero-order chi connectivity index (χ0) is 22.6. The van der Waals surface area contributed by atoms with E-state index in [0.717, 1.165) is 5.56 Å². The topological polar surface area (TPSA) is 114 Å². The molecule has 0 aliphatic carbocycles. The normalized spacial score (nSPS) is 21.4. The smallest absolute Gasteiger partial charge is 0.267 e. The number of hydrogen-bond donors (Lipinski definition) is 1. The Bertz CT molecular complexity index is 975. The number of hydrogen-bond acceptors (Lipinski definition) is 7. The average Bonchev–Trinajstić information content (AvgIpc) is 3.09. The van der Waals surface area contributed by atoms with E-state index >= 15 is 0 Å². The predicted molar refractivity (Wildman–Crippen MR) is 116 cm³/mol. The number of amides is 2. The predicted octanol–water partition coefficient (Wildman–Crippen LogP) is 1.83. The Morgan fingerprint density at radius 2 is 1.94 bits per heavy atom. The number of nitrogens with zero attached hydrogens (tertiary/aromatic N) is 2. The van der Waals surface area contributed by atoms with Crippen molar-refractivity contribution in [3.8, 4) is 11.5 Å². The first-order valence-corrected chi connectivity index (χ1v) is 12.4. The van der Waals surface area contributed by atoms with Gasteiger partial charge in [0.25, 0.3) is 5.91 Å². The van der Waals surface area contributed by atoms with Crippen LogP contribution in [0.5, 0.6) is 11.5 Å². The largest absolute Gasteiger partial charge is 0.490 e. The van der Waals surface area contributed by atoms with Crippen LogP contribution in [-0.2, 0) is 19.4 Å². The second kappa shape index (κ2) is 9.67. The maximum Gasteiger partial charge on any atom is 0.267 e. The third-order valence-electron chi connectivity index (χ3n) is 5.29. The van der Waals surface area contributed by atoms with Crippen molar-refractivity contribution in [1.29, 1.82) is 0 Å². The van der Waals surface area contributed by atoms with Crippen LogP contribution in [-0.4, -0.2) is 61.7 Å². The molecule has 3 rings (SSSR count). The maximum atomic E-state index is 12.8. The third kappa shape index (κ3) is 5.55. The van der Waals surface area contributed by atoms with Crippen LogP contribution >= 0.6 is 0 Å². The Balaban J connectivity index is 1.72. The zero-order valence-corrected chi connectivity index (χ0v) is 18.9. The molecule has 1 saturated heterocycles. The van der Waals surface area contributed by atoms with Crippen molar-refractivity contribution in [2.24, 2.45) is 5.10 Å². The van der Waals surface area contributed by atoms with Gasteiger partial charge in [0.15, 0.2) is 21.3 Å². The highest BCUT2D eigenvalue weighted by Crippen LogP contribution is 2.31. The van der Waals surface area contributed by atoms with Gasteiger partial charge in [-0.1, -0.05) is 6.07 Å². The van der Waals surface area contributed by atoms with Crippen molar-refractivity contribution in [3.05, 3.63) is 23.8 Å². The Labute approximate surface area is 182 Å². The van der Waals surface area contributed by atoms with E-state index in [1.807, 2.05) is 39.0 Å². The van der Waals surface area contributed by atoms with Gasteiger partial charge in [-0.15, -0.1) is 0 Å². The Morgan fingerprint density at radius 3 is 2.58 bits per heavy atom. The van der Waals surface area contributed by atoms with E-state index < -0.39 is 15.9 Å². The molecule has 0 bridgehead atoms. The summed E-state index contributed by atoms with van der Waals surface area (Å²) in [5.41, 5.74) is 1.07. The molecule has 0 spiro atoms. The van der Waals surface area contributed by atoms with Crippen LogP contribution in [0.1, 0.15) is 51.6 Å². The first kappa shape index (κ1) is 23.1. The lowest BCUT2D eigenvalue weighted by Gasteiger charge is -2.28. The summed E-state index contributed by atoms with van der Waals surface area (Å²) in [7, 11) is -3.16. The monoisotopic (exact) mass is 451 g/mol. The molecule has 9 nitrogen and oxygen atoms in total. The molecule has 31 heavy (non-hydrogen) atoms. The summed E-state index contributed by atoms with van der Waals surface area (Å²) in [5, 5.41) is 8.32. The van der Waals surface area contributed by atoms with E-state index in [9.17, 15) is 18.0 Å². The van der Waals surface area contributed by atoms with Crippen LogP contribution in [0.25, 0.3) is 0 Å². The fraction of sp³-hybridized carbons (Fsp3) is 0.571. The number of carbonyl (C=O) groups is 2. The minimum atomic E-state index is -3.16. The van der Waals surface area contributed by atoms with Crippen molar-refractivity contribution in [1.82, 2.24) is 10.3 Å². The van der Waals surface area contributed by atoms with Gasteiger partial charge in [-0.05, 0) is 44.9 Å². The number of benzene rings is 1. The second-order valence-corrected chi connectivity index (χ2v) is 9.84. The summed E-state index contributed by atoms with van der Waals surface area (Å²) in [6.07, 6.45) is 0.699. The molecular formula is C21H29N3O6S. The standard InChI is InChI=1S/C21H29N3O6S/c1-4-29-18-8-6-15(12-19(18)30-5-2)14(3)22-21(26)17-7-9-20(25)24(23-17)16-10-11-31(27,28)13-16/h6,8,12,14,16H,4-5,7,9-11,13H2,1-3H3,(H,22,26)/t14-,16-/m0/s1. The molecule has 1 aromatic carbocycles. The third-order valence-corrected chi connectivity index (χ3v) is 7.04.